The third-order valence-corrected chi connectivity index (χ3v) is 4.92. The van der Waals surface area contributed by atoms with Gasteiger partial charge in [0.05, 0.1) is 17.2 Å². The fourth-order valence-corrected chi connectivity index (χ4v) is 3.96. The standard InChI is InChI=1S/C9H13BrN2O2S/c1-6(2)12-9(10)7-3-4-15(13,14)5-8(7)11-12/h6H,3-5H2,1-2H3. The van der Waals surface area contributed by atoms with E-state index in [-0.39, 0.29) is 17.5 Å². The van der Waals surface area contributed by atoms with Gasteiger partial charge in [0.1, 0.15) is 4.60 Å². The van der Waals surface area contributed by atoms with Gasteiger partial charge in [-0.05, 0) is 36.2 Å². The minimum Gasteiger partial charge on any atom is -0.255 e. The highest BCUT2D eigenvalue weighted by molar-refractivity contribution is 9.10. The molecule has 0 atom stereocenters. The smallest absolute Gasteiger partial charge is 0.156 e. The monoisotopic (exact) mass is 292 g/mol. The van der Waals surface area contributed by atoms with E-state index in [2.05, 4.69) is 21.0 Å². The zero-order valence-corrected chi connectivity index (χ0v) is 11.1. The zero-order valence-electron chi connectivity index (χ0n) is 8.70. The Hall–Kier alpha value is -0.360. The number of hydrogen-bond acceptors (Lipinski definition) is 3. The molecular weight excluding hydrogens is 280 g/mol. The molecule has 0 N–H and O–H groups in total. The fourth-order valence-electron chi connectivity index (χ4n) is 1.74. The van der Waals surface area contributed by atoms with Gasteiger partial charge in [0, 0.05) is 11.6 Å². The van der Waals surface area contributed by atoms with E-state index in [4.69, 9.17) is 0 Å². The Labute approximate surface area is 97.7 Å². The highest BCUT2D eigenvalue weighted by Crippen LogP contribution is 2.29. The van der Waals surface area contributed by atoms with Crippen LogP contribution in [0.3, 0.4) is 0 Å². The average Bonchev–Trinajstić information content (AvgIpc) is 2.41. The molecule has 1 aromatic rings. The number of nitrogens with zero attached hydrogens (tertiary/aromatic N) is 2. The molecule has 15 heavy (non-hydrogen) atoms. The Kier molecular flexibility index (Phi) is 2.66. The van der Waals surface area contributed by atoms with Crippen molar-refractivity contribution in [3.8, 4) is 0 Å². The van der Waals surface area contributed by atoms with Crippen molar-refractivity contribution >= 4 is 25.8 Å². The summed E-state index contributed by atoms with van der Waals surface area (Å²) in [6.45, 7) is 4.05. The third-order valence-electron chi connectivity index (χ3n) is 2.54. The molecule has 0 unspecified atom stereocenters. The predicted molar refractivity (Wildman–Crippen MR) is 61.5 cm³/mol. The summed E-state index contributed by atoms with van der Waals surface area (Å²) in [6, 6.07) is 0.243. The molecule has 0 saturated carbocycles. The maximum atomic E-state index is 11.4. The topological polar surface area (TPSA) is 52.0 Å². The van der Waals surface area contributed by atoms with Gasteiger partial charge in [-0.1, -0.05) is 0 Å². The van der Waals surface area contributed by atoms with E-state index >= 15 is 0 Å². The van der Waals surface area contributed by atoms with E-state index in [1.807, 2.05) is 18.5 Å². The molecule has 2 rings (SSSR count). The second kappa shape index (κ2) is 3.59. The number of rotatable bonds is 1. The van der Waals surface area contributed by atoms with Crippen LogP contribution < -0.4 is 0 Å². The van der Waals surface area contributed by atoms with Gasteiger partial charge in [0.15, 0.2) is 9.84 Å². The van der Waals surface area contributed by atoms with Gasteiger partial charge < -0.3 is 0 Å². The van der Waals surface area contributed by atoms with Gasteiger partial charge in [0.25, 0.3) is 0 Å². The van der Waals surface area contributed by atoms with E-state index in [0.717, 1.165) is 10.2 Å². The van der Waals surface area contributed by atoms with Crippen molar-refractivity contribution in [2.45, 2.75) is 32.1 Å². The highest BCUT2D eigenvalue weighted by Gasteiger charge is 2.27. The van der Waals surface area contributed by atoms with Crippen molar-refractivity contribution in [3.63, 3.8) is 0 Å². The van der Waals surface area contributed by atoms with Gasteiger partial charge in [0.2, 0.25) is 0 Å². The van der Waals surface area contributed by atoms with Gasteiger partial charge in [-0.2, -0.15) is 5.10 Å². The van der Waals surface area contributed by atoms with Crippen LogP contribution in [-0.4, -0.2) is 24.0 Å². The Balaban J connectivity index is 2.50. The maximum Gasteiger partial charge on any atom is 0.156 e. The third kappa shape index (κ3) is 1.97. The van der Waals surface area contributed by atoms with Gasteiger partial charge in [-0.3, -0.25) is 4.68 Å². The lowest BCUT2D eigenvalue weighted by Gasteiger charge is -2.10. The normalized spacial score (nSPS) is 19.2. The molecule has 0 aliphatic carbocycles. The molecule has 0 spiro atoms. The van der Waals surface area contributed by atoms with E-state index in [1.165, 1.54) is 0 Å². The minimum atomic E-state index is -2.92. The fraction of sp³-hybridized carbons (Fsp3) is 0.667. The van der Waals surface area contributed by atoms with Crippen molar-refractivity contribution in [2.75, 3.05) is 5.75 Å². The van der Waals surface area contributed by atoms with Crippen molar-refractivity contribution in [1.29, 1.82) is 0 Å². The summed E-state index contributed by atoms with van der Waals surface area (Å²) in [5, 5.41) is 4.34. The summed E-state index contributed by atoms with van der Waals surface area (Å²) in [5.74, 6) is 0.322. The summed E-state index contributed by atoms with van der Waals surface area (Å²) < 4.78 is 25.6. The van der Waals surface area contributed by atoms with Crippen LogP contribution in [0.1, 0.15) is 31.1 Å². The van der Waals surface area contributed by atoms with Crippen LogP contribution >= 0.6 is 15.9 Å². The van der Waals surface area contributed by atoms with E-state index in [1.54, 1.807) is 0 Å². The lowest BCUT2D eigenvalue weighted by molar-refractivity contribution is 0.517. The molecule has 0 bridgehead atoms. The van der Waals surface area contributed by atoms with Crippen LogP contribution in [0.15, 0.2) is 4.60 Å². The molecule has 1 aliphatic heterocycles. The van der Waals surface area contributed by atoms with Gasteiger partial charge >= 0.3 is 0 Å². The van der Waals surface area contributed by atoms with Crippen LogP contribution in [0, 0.1) is 0 Å². The van der Waals surface area contributed by atoms with Crippen LogP contribution in [-0.2, 0) is 22.0 Å². The van der Waals surface area contributed by atoms with Crippen LogP contribution in [0.5, 0.6) is 0 Å². The largest absolute Gasteiger partial charge is 0.255 e. The number of fused-ring (bicyclic) bond motifs is 1. The quantitative estimate of drug-likeness (QED) is 0.792. The van der Waals surface area contributed by atoms with E-state index in [0.29, 0.717) is 12.1 Å². The lowest BCUT2D eigenvalue weighted by atomic mass is 10.2. The van der Waals surface area contributed by atoms with E-state index < -0.39 is 9.84 Å². The van der Waals surface area contributed by atoms with Crippen LogP contribution in [0.25, 0.3) is 0 Å². The first kappa shape index (κ1) is 11.1. The number of aromatic nitrogens is 2. The summed E-state index contributed by atoms with van der Waals surface area (Å²) in [4.78, 5) is 0. The van der Waals surface area contributed by atoms with Crippen LogP contribution in [0.4, 0.5) is 0 Å². The molecular formula is C9H13BrN2O2S. The van der Waals surface area contributed by atoms with Crippen molar-refractivity contribution in [1.82, 2.24) is 9.78 Å². The SMILES string of the molecule is CC(C)n1nc2c(c1Br)CCS(=O)(=O)C2. The van der Waals surface area contributed by atoms with E-state index in [9.17, 15) is 8.42 Å². The van der Waals surface area contributed by atoms with Gasteiger partial charge in [-0.25, -0.2) is 8.42 Å². The molecule has 0 radical (unpaired) electrons. The molecule has 0 amide bonds. The minimum absolute atomic E-state index is 0.0840. The van der Waals surface area contributed by atoms with Gasteiger partial charge in [-0.15, -0.1) is 0 Å². The molecule has 84 valence electrons. The lowest BCUT2D eigenvalue weighted by Crippen LogP contribution is -2.18. The van der Waals surface area contributed by atoms with Crippen molar-refractivity contribution in [2.24, 2.45) is 0 Å². The summed E-state index contributed by atoms with van der Waals surface area (Å²) >= 11 is 3.48. The first-order valence-corrected chi connectivity index (χ1v) is 7.48. The first-order chi connectivity index (χ1) is 6.91. The first-order valence-electron chi connectivity index (χ1n) is 4.87. The van der Waals surface area contributed by atoms with Crippen molar-refractivity contribution < 1.29 is 8.42 Å². The van der Waals surface area contributed by atoms with Crippen LogP contribution in [0.2, 0.25) is 0 Å². The summed E-state index contributed by atoms with van der Waals surface area (Å²) in [6.07, 6.45) is 0.574. The maximum absolute atomic E-state index is 11.4. The zero-order chi connectivity index (χ0) is 11.2. The number of halogens is 1. The molecule has 0 aromatic carbocycles. The molecule has 2 heterocycles. The summed E-state index contributed by atoms with van der Waals surface area (Å²) in [7, 11) is -2.92. The predicted octanol–water partition coefficient (Wildman–Crippen LogP) is 1.70. The molecule has 1 aliphatic rings. The highest BCUT2D eigenvalue weighted by atomic mass is 79.9. The molecule has 0 saturated heterocycles. The second-order valence-corrected chi connectivity index (χ2v) is 7.03. The Bertz CT molecular complexity index is 490. The molecule has 1 aromatic heterocycles. The Morgan fingerprint density at radius 1 is 1.47 bits per heavy atom. The molecule has 0 fully saturated rings. The number of sulfone groups is 1. The Morgan fingerprint density at radius 3 is 2.73 bits per heavy atom. The molecule has 4 nitrogen and oxygen atoms in total. The van der Waals surface area contributed by atoms with Crippen molar-refractivity contribution in [3.05, 3.63) is 15.9 Å². The number of hydrogen-bond donors (Lipinski definition) is 0. The average molecular weight is 293 g/mol. The summed E-state index contributed by atoms with van der Waals surface area (Å²) in [5.41, 5.74) is 1.76. The second-order valence-electron chi connectivity index (χ2n) is 4.10. The Morgan fingerprint density at radius 2 is 2.13 bits per heavy atom. The molecule has 6 heteroatoms.